The van der Waals surface area contributed by atoms with Crippen molar-refractivity contribution >= 4 is 17.8 Å². The Morgan fingerprint density at radius 2 is 1.53 bits per heavy atom. The molecule has 0 atom stereocenters. The fourth-order valence-electron chi connectivity index (χ4n) is 2.95. The predicted molar refractivity (Wildman–Crippen MR) is 110 cm³/mol. The number of rotatable bonds is 7. The highest BCUT2D eigenvalue weighted by atomic mass is 19.4. The molecule has 0 spiro atoms. The van der Waals surface area contributed by atoms with E-state index in [1.807, 2.05) is 6.92 Å². The molecule has 2 rings (SSSR count). The number of alkyl halides is 6. The van der Waals surface area contributed by atoms with Gasteiger partial charge in [-0.05, 0) is 30.7 Å². The first-order valence-electron chi connectivity index (χ1n) is 10.5. The first kappa shape index (κ1) is 29.2. The third-order valence-corrected chi connectivity index (χ3v) is 4.84. The summed E-state index contributed by atoms with van der Waals surface area (Å²) >= 11 is 0. The molecule has 1 heterocycles. The number of carbonyl (C=O) groups excluding carboxylic acids is 2. The summed E-state index contributed by atoms with van der Waals surface area (Å²) in [6.45, 7) is 5.56. The lowest BCUT2D eigenvalue weighted by Gasteiger charge is -2.29. The van der Waals surface area contributed by atoms with Gasteiger partial charge in [-0.15, -0.1) is 0 Å². The quantitative estimate of drug-likeness (QED) is 0.562. The maximum atomic E-state index is 12.7. The van der Waals surface area contributed by atoms with Gasteiger partial charge < -0.3 is 20.2 Å². The molecule has 1 saturated heterocycles. The van der Waals surface area contributed by atoms with Gasteiger partial charge in [0.05, 0.1) is 5.56 Å². The number of carboxylic acid groups (broad SMARTS) is 1. The average Bonchev–Trinajstić information content (AvgIpc) is 2.78. The second-order valence-electron chi connectivity index (χ2n) is 7.40. The van der Waals surface area contributed by atoms with Crippen LogP contribution in [0.2, 0.25) is 0 Å². The zero-order chi connectivity index (χ0) is 25.9. The molecular weight excluding hydrogens is 472 g/mol. The van der Waals surface area contributed by atoms with Gasteiger partial charge in [0.1, 0.15) is 0 Å². The van der Waals surface area contributed by atoms with Gasteiger partial charge in [0.2, 0.25) is 5.91 Å². The van der Waals surface area contributed by atoms with Crippen LogP contribution in [0.1, 0.15) is 42.1 Å². The highest BCUT2D eigenvalue weighted by Gasteiger charge is 2.38. The van der Waals surface area contributed by atoms with E-state index in [0.717, 1.165) is 38.1 Å². The number of carbonyl (C=O) groups is 3. The van der Waals surface area contributed by atoms with Crippen molar-refractivity contribution in [2.75, 3.05) is 39.3 Å². The Bertz CT molecular complexity index is 806. The number of aliphatic carboxylic acids is 1. The number of halogens is 6. The van der Waals surface area contributed by atoms with E-state index in [4.69, 9.17) is 9.90 Å². The molecule has 13 heteroatoms. The summed E-state index contributed by atoms with van der Waals surface area (Å²) in [5.41, 5.74) is -0.582. The van der Waals surface area contributed by atoms with E-state index in [9.17, 15) is 35.9 Å². The van der Waals surface area contributed by atoms with Crippen LogP contribution in [0, 0.1) is 0 Å². The fraction of sp³-hybridized carbons (Fsp3) is 0.571. The van der Waals surface area contributed by atoms with Gasteiger partial charge >= 0.3 is 18.3 Å². The van der Waals surface area contributed by atoms with Crippen LogP contribution in [0.5, 0.6) is 0 Å². The zero-order valence-corrected chi connectivity index (χ0v) is 18.5. The van der Waals surface area contributed by atoms with Crippen LogP contribution in [0.3, 0.4) is 0 Å². The zero-order valence-electron chi connectivity index (χ0n) is 18.5. The third kappa shape index (κ3) is 9.98. The van der Waals surface area contributed by atoms with E-state index in [2.05, 4.69) is 5.32 Å². The van der Waals surface area contributed by atoms with Crippen LogP contribution in [0.15, 0.2) is 24.3 Å². The molecule has 0 saturated carbocycles. The van der Waals surface area contributed by atoms with Crippen molar-refractivity contribution in [1.29, 1.82) is 0 Å². The molecule has 1 aromatic rings. The van der Waals surface area contributed by atoms with Crippen molar-refractivity contribution in [1.82, 2.24) is 15.1 Å². The summed E-state index contributed by atoms with van der Waals surface area (Å²) in [5, 5.41) is 10.3. The van der Waals surface area contributed by atoms with Crippen LogP contribution >= 0.6 is 0 Å². The summed E-state index contributed by atoms with van der Waals surface area (Å²) in [6, 6.07) is 4.22. The van der Waals surface area contributed by atoms with Crippen molar-refractivity contribution in [3.05, 3.63) is 35.4 Å². The Balaban J connectivity index is 0.000000718. The van der Waals surface area contributed by atoms with Crippen molar-refractivity contribution < 1.29 is 45.8 Å². The van der Waals surface area contributed by atoms with Crippen LogP contribution in [-0.2, 0) is 15.8 Å². The molecule has 2 N–H and O–H groups in total. The van der Waals surface area contributed by atoms with Gasteiger partial charge in [-0.3, -0.25) is 9.59 Å². The normalized spacial score (nSPS) is 14.1. The van der Waals surface area contributed by atoms with E-state index in [1.165, 1.54) is 12.1 Å². The highest BCUT2D eigenvalue weighted by molar-refractivity contribution is 5.94. The lowest BCUT2D eigenvalue weighted by Crippen LogP contribution is -2.47. The molecule has 1 aliphatic rings. The minimum Gasteiger partial charge on any atom is -0.475 e. The summed E-state index contributed by atoms with van der Waals surface area (Å²) < 4.78 is 69.8. The van der Waals surface area contributed by atoms with Gasteiger partial charge in [-0.25, -0.2) is 4.79 Å². The lowest BCUT2D eigenvalue weighted by molar-refractivity contribution is -0.192. The van der Waals surface area contributed by atoms with Gasteiger partial charge in [0.15, 0.2) is 0 Å². The van der Waals surface area contributed by atoms with E-state index in [0.29, 0.717) is 19.6 Å². The molecule has 34 heavy (non-hydrogen) atoms. The number of hydrogen-bond acceptors (Lipinski definition) is 4. The number of unbranched alkanes of at least 4 members (excludes halogenated alkanes) is 1. The fourth-order valence-corrected chi connectivity index (χ4v) is 2.95. The number of nitrogens with one attached hydrogen (secondary N) is 1. The van der Waals surface area contributed by atoms with Gasteiger partial charge in [0, 0.05) is 51.3 Å². The lowest BCUT2D eigenvalue weighted by atomic mass is 10.1. The van der Waals surface area contributed by atoms with E-state index in [-0.39, 0.29) is 30.3 Å². The predicted octanol–water partition coefficient (Wildman–Crippen LogP) is 3.40. The Labute approximate surface area is 192 Å². The summed E-state index contributed by atoms with van der Waals surface area (Å²) in [4.78, 5) is 37.3. The average molecular weight is 499 g/mol. The van der Waals surface area contributed by atoms with Crippen LogP contribution in [0.25, 0.3) is 0 Å². The number of benzene rings is 1. The molecule has 1 fully saturated rings. The Morgan fingerprint density at radius 1 is 1.00 bits per heavy atom. The second kappa shape index (κ2) is 13.2. The number of carboxylic acids is 1. The molecule has 192 valence electrons. The molecule has 0 bridgehead atoms. The molecule has 0 unspecified atom stereocenters. The number of amides is 2. The van der Waals surface area contributed by atoms with E-state index in [1.54, 1.807) is 9.80 Å². The van der Waals surface area contributed by atoms with Gasteiger partial charge in [-0.1, -0.05) is 13.3 Å². The molecule has 2 amide bonds. The van der Waals surface area contributed by atoms with Crippen LogP contribution < -0.4 is 5.32 Å². The van der Waals surface area contributed by atoms with Gasteiger partial charge in [0.25, 0.3) is 5.91 Å². The summed E-state index contributed by atoms with van der Waals surface area (Å²) in [5.74, 6) is -3.10. The monoisotopic (exact) mass is 499 g/mol. The summed E-state index contributed by atoms with van der Waals surface area (Å²) in [6.07, 6.45) is -7.65. The first-order valence-corrected chi connectivity index (χ1v) is 10.5. The van der Waals surface area contributed by atoms with Crippen molar-refractivity contribution in [2.24, 2.45) is 0 Å². The molecule has 0 radical (unpaired) electrons. The largest absolute Gasteiger partial charge is 0.490 e. The smallest absolute Gasteiger partial charge is 0.475 e. The molecular formula is C21H27F6N3O4. The SMILES string of the molecule is CCCCN(CCC(=O)N1CCNCC1)C(=O)c1ccc(C(F)(F)F)cc1.O=C(O)C(F)(F)F. The topological polar surface area (TPSA) is 90.0 Å². The Morgan fingerprint density at radius 3 is 1.97 bits per heavy atom. The maximum absolute atomic E-state index is 12.7. The van der Waals surface area contributed by atoms with Crippen LogP contribution in [-0.4, -0.2) is 78.1 Å². The molecule has 7 nitrogen and oxygen atoms in total. The maximum Gasteiger partial charge on any atom is 0.490 e. The number of piperazine rings is 1. The number of hydrogen-bond donors (Lipinski definition) is 2. The molecule has 1 aromatic carbocycles. The van der Waals surface area contributed by atoms with E-state index >= 15 is 0 Å². The first-order chi connectivity index (χ1) is 15.8. The minimum absolute atomic E-state index is 0.00165. The van der Waals surface area contributed by atoms with E-state index < -0.39 is 23.9 Å². The Hall–Kier alpha value is -2.83. The Kier molecular flexibility index (Phi) is 11.3. The van der Waals surface area contributed by atoms with Crippen LogP contribution in [0.4, 0.5) is 26.3 Å². The molecule has 0 aliphatic carbocycles. The van der Waals surface area contributed by atoms with Crippen molar-refractivity contribution in [3.63, 3.8) is 0 Å². The van der Waals surface area contributed by atoms with Gasteiger partial charge in [-0.2, -0.15) is 26.3 Å². The standard InChI is InChI=1S/C19H26F3N3O2.C2HF3O2/c1-2-3-11-25(12-8-17(26)24-13-9-23-10-14-24)18(27)15-4-6-16(7-5-15)19(20,21)22;3-2(4,5)1(6)7/h4-7,23H,2-3,8-14H2,1H3;(H,6,7). The summed E-state index contributed by atoms with van der Waals surface area (Å²) in [7, 11) is 0. The van der Waals surface area contributed by atoms with Crippen molar-refractivity contribution in [3.8, 4) is 0 Å². The molecule has 1 aliphatic heterocycles. The highest BCUT2D eigenvalue weighted by Crippen LogP contribution is 2.29. The minimum atomic E-state index is -5.08. The second-order valence-corrected chi connectivity index (χ2v) is 7.40. The number of nitrogens with zero attached hydrogens (tertiary/aromatic N) is 2. The molecule has 0 aromatic heterocycles. The third-order valence-electron chi connectivity index (χ3n) is 4.84. The van der Waals surface area contributed by atoms with Crippen molar-refractivity contribution in [2.45, 2.75) is 38.5 Å².